The molecule has 1 heterocycles. The van der Waals surface area contributed by atoms with Gasteiger partial charge in [-0.3, -0.25) is 14.4 Å². The molecule has 0 spiro atoms. The lowest BCUT2D eigenvalue weighted by Gasteiger charge is -2.27. The van der Waals surface area contributed by atoms with Crippen LogP contribution < -0.4 is 9.62 Å². The van der Waals surface area contributed by atoms with Crippen molar-refractivity contribution in [3.05, 3.63) is 30.3 Å². The highest BCUT2D eigenvalue weighted by molar-refractivity contribution is 8.01. The van der Waals surface area contributed by atoms with E-state index in [0.717, 1.165) is 14.9 Å². The molecule has 1 N–H and O–H groups in total. The summed E-state index contributed by atoms with van der Waals surface area (Å²) in [7, 11) is -3.63. The number of nitrogens with one attached hydrogen (secondary N) is 1. The number of hydrogen-bond acceptors (Lipinski definition) is 7. The van der Waals surface area contributed by atoms with Crippen molar-refractivity contribution in [3.63, 3.8) is 0 Å². The maximum atomic E-state index is 12.5. The smallest absolute Gasteiger partial charge is 0.249 e. The van der Waals surface area contributed by atoms with Crippen LogP contribution in [0.25, 0.3) is 0 Å². The van der Waals surface area contributed by atoms with Crippen LogP contribution in [0.3, 0.4) is 0 Å². The number of para-hydroxylation sites is 1. The Bertz CT molecular complexity index is 822. The summed E-state index contributed by atoms with van der Waals surface area (Å²) in [5.74, 6) is -0.466. The molecule has 0 saturated carbocycles. The number of anilines is 2. The molecule has 7 nitrogen and oxygen atoms in total. The van der Waals surface area contributed by atoms with Crippen molar-refractivity contribution in [3.8, 4) is 0 Å². The van der Waals surface area contributed by atoms with Crippen molar-refractivity contribution in [2.24, 2.45) is 0 Å². The van der Waals surface area contributed by atoms with Gasteiger partial charge in [0.15, 0.2) is 4.34 Å². The van der Waals surface area contributed by atoms with Crippen LogP contribution in [0.1, 0.15) is 20.8 Å². The second kappa shape index (κ2) is 8.15. The second-order valence-electron chi connectivity index (χ2n) is 5.60. The molecule has 0 bridgehead atoms. The molecule has 2 rings (SSSR count). The molecule has 2 aromatic rings. The predicted molar refractivity (Wildman–Crippen MR) is 103 cm³/mol. The molecule has 0 aliphatic heterocycles. The number of carbonyl (C=O) groups is 1. The quantitative estimate of drug-likeness (QED) is 0.567. The summed E-state index contributed by atoms with van der Waals surface area (Å²) in [6, 6.07) is 7.59. The number of sulfonamides is 1. The lowest BCUT2D eigenvalue weighted by atomic mass is 10.2. The van der Waals surface area contributed by atoms with E-state index in [0.29, 0.717) is 16.1 Å². The molecule has 1 aromatic carbocycles. The van der Waals surface area contributed by atoms with Gasteiger partial charge in [0.25, 0.3) is 0 Å². The van der Waals surface area contributed by atoms with Gasteiger partial charge < -0.3 is 0 Å². The van der Waals surface area contributed by atoms with Crippen LogP contribution in [-0.2, 0) is 14.8 Å². The van der Waals surface area contributed by atoms with E-state index in [9.17, 15) is 13.2 Å². The van der Waals surface area contributed by atoms with E-state index >= 15 is 0 Å². The van der Waals surface area contributed by atoms with E-state index in [1.54, 1.807) is 42.1 Å². The zero-order valence-electron chi connectivity index (χ0n) is 14.3. The van der Waals surface area contributed by atoms with Crippen molar-refractivity contribution < 1.29 is 13.2 Å². The van der Waals surface area contributed by atoms with Crippen molar-refractivity contribution in [1.29, 1.82) is 0 Å². The lowest BCUT2D eigenvalue weighted by molar-refractivity contribution is -0.116. The minimum Gasteiger partial charge on any atom is -0.299 e. The fraction of sp³-hybridized carbons (Fsp3) is 0.400. The summed E-state index contributed by atoms with van der Waals surface area (Å²) in [4.78, 5) is 12.5. The Balaban J connectivity index is 2.17. The van der Waals surface area contributed by atoms with E-state index in [1.807, 2.05) is 13.8 Å². The number of thioether (sulfide) groups is 1. The number of carbonyl (C=O) groups excluding carboxylic acids is 1. The molecular formula is C15H20N4O3S3. The first-order valence-corrected chi connectivity index (χ1v) is 11.1. The van der Waals surface area contributed by atoms with Crippen LogP contribution in [0.15, 0.2) is 34.7 Å². The Kier molecular flexibility index (Phi) is 6.42. The van der Waals surface area contributed by atoms with Crippen LogP contribution >= 0.6 is 23.1 Å². The highest BCUT2D eigenvalue weighted by Crippen LogP contribution is 2.29. The predicted octanol–water partition coefficient (Wildman–Crippen LogP) is 2.83. The van der Waals surface area contributed by atoms with Crippen LogP contribution in [0, 0.1) is 0 Å². The number of aromatic nitrogens is 2. The molecule has 1 amide bonds. The van der Waals surface area contributed by atoms with Crippen LogP contribution in [0.5, 0.6) is 0 Å². The molecule has 0 saturated heterocycles. The lowest BCUT2D eigenvalue weighted by Crippen LogP contribution is -2.45. The van der Waals surface area contributed by atoms with E-state index in [4.69, 9.17) is 0 Å². The number of benzene rings is 1. The van der Waals surface area contributed by atoms with Gasteiger partial charge in [0, 0.05) is 5.25 Å². The van der Waals surface area contributed by atoms with Gasteiger partial charge in [-0.25, -0.2) is 8.42 Å². The molecule has 0 fully saturated rings. The second-order valence-corrected chi connectivity index (χ2v) is 10.3. The van der Waals surface area contributed by atoms with E-state index in [2.05, 4.69) is 15.5 Å². The van der Waals surface area contributed by atoms with Gasteiger partial charge in [0.1, 0.15) is 6.04 Å². The number of rotatable bonds is 7. The third-order valence-corrected chi connectivity index (χ3v) is 6.24. The van der Waals surface area contributed by atoms with Crippen LogP contribution in [0.4, 0.5) is 10.8 Å². The molecular weight excluding hydrogens is 380 g/mol. The van der Waals surface area contributed by atoms with Crippen molar-refractivity contribution in [2.75, 3.05) is 15.9 Å². The first-order chi connectivity index (χ1) is 11.7. The molecule has 10 heteroatoms. The highest BCUT2D eigenvalue weighted by Gasteiger charge is 2.29. The molecule has 1 atom stereocenters. The number of nitrogens with zero attached hydrogens (tertiary/aromatic N) is 3. The fourth-order valence-corrected chi connectivity index (χ4v) is 5.26. The Labute approximate surface area is 155 Å². The maximum Gasteiger partial charge on any atom is 0.249 e. The minimum absolute atomic E-state index is 0.349. The summed E-state index contributed by atoms with van der Waals surface area (Å²) in [6.45, 7) is 5.61. The van der Waals surface area contributed by atoms with Gasteiger partial charge in [-0.05, 0) is 19.1 Å². The van der Waals surface area contributed by atoms with Gasteiger partial charge >= 0.3 is 0 Å². The molecule has 25 heavy (non-hydrogen) atoms. The van der Waals surface area contributed by atoms with Crippen molar-refractivity contribution >= 4 is 49.8 Å². The Morgan fingerprint density at radius 1 is 1.20 bits per heavy atom. The third-order valence-electron chi connectivity index (χ3n) is 3.07. The first-order valence-electron chi connectivity index (χ1n) is 7.54. The molecule has 0 radical (unpaired) electrons. The molecule has 0 unspecified atom stereocenters. The van der Waals surface area contributed by atoms with Gasteiger partial charge in [-0.1, -0.05) is 55.1 Å². The Morgan fingerprint density at radius 2 is 1.84 bits per heavy atom. The van der Waals surface area contributed by atoms with E-state index in [1.165, 1.54) is 18.3 Å². The van der Waals surface area contributed by atoms with Crippen molar-refractivity contribution in [1.82, 2.24) is 10.2 Å². The minimum atomic E-state index is -3.63. The zero-order chi connectivity index (χ0) is 18.6. The van der Waals surface area contributed by atoms with E-state index < -0.39 is 22.0 Å². The monoisotopic (exact) mass is 400 g/mol. The molecule has 0 aliphatic carbocycles. The molecule has 0 aliphatic rings. The highest BCUT2D eigenvalue weighted by atomic mass is 32.2. The van der Waals surface area contributed by atoms with Gasteiger partial charge in [0.2, 0.25) is 21.1 Å². The Morgan fingerprint density at radius 3 is 2.40 bits per heavy atom. The van der Waals surface area contributed by atoms with Gasteiger partial charge in [0.05, 0.1) is 11.9 Å². The molecule has 136 valence electrons. The standard InChI is InChI=1S/C15H20N4O3S3/c1-10(2)23-15-18-17-14(24-15)16-13(20)11(3)19(25(4,21)22)12-8-6-5-7-9-12/h5-11H,1-4H3,(H,16,17,20)/t11-/m1/s1. The fourth-order valence-electron chi connectivity index (χ4n) is 2.10. The van der Waals surface area contributed by atoms with Gasteiger partial charge in [-0.2, -0.15) is 0 Å². The third kappa shape index (κ3) is 5.41. The SMILES string of the molecule is CC(C)Sc1nnc(NC(=O)[C@@H](C)N(c2ccccc2)S(C)(=O)=O)s1. The van der Waals surface area contributed by atoms with Crippen LogP contribution in [-0.4, -0.2) is 42.1 Å². The Hall–Kier alpha value is -1.65. The topological polar surface area (TPSA) is 92.3 Å². The summed E-state index contributed by atoms with van der Waals surface area (Å²) >= 11 is 2.81. The van der Waals surface area contributed by atoms with E-state index in [-0.39, 0.29) is 0 Å². The average Bonchev–Trinajstić information content (AvgIpc) is 2.93. The number of hydrogen-bond donors (Lipinski definition) is 1. The maximum absolute atomic E-state index is 12.5. The normalized spacial score (nSPS) is 12.8. The summed E-state index contributed by atoms with van der Waals surface area (Å²) < 4.78 is 26.2. The first kappa shape index (κ1) is 19.7. The average molecular weight is 401 g/mol. The zero-order valence-corrected chi connectivity index (χ0v) is 16.8. The van der Waals surface area contributed by atoms with Crippen molar-refractivity contribution in [2.45, 2.75) is 36.4 Å². The van der Waals surface area contributed by atoms with Crippen LogP contribution in [0.2, 0.25) is 0 Å². The molecule has 1 aromatic heterocycles. The largest absolute Gasteiger partial charge is 0.299 e. The summed E-state index contributed by atoms with van der Waals surface area (Å²) in [5, 5.41) is 11.3. The number of amides is 1. The summed E-state index contributed by atoms with van der Waals surface area (Å²) in [6.07, 6.45) is 1.08. The van der Waals surface area contributed by atoms with Gasteiger partial charge in [-0.15, -0.1) is 10.2 Å². The summed E-state index contributed by atoms with van der Waals surface area (Å²) in [5.41, 5.74) is 0.431.